The van der Waals surface area contributed by atoms with Crippen molar-refractivity contribution in [1.29, 1.82) is 0 Å². The average Bonchev–Trinajstić information content (AvgIpc) is 3.53. The van der Waals surface area contributed by atoms with Crippen molar-refractivity contribution in [2.45, 2.75) is 17.9 Å². The summed E-state index contributed by atoms with van der Waals surface area (Å²) in [7, 11) is 0. The first kappa shape index (κ1) is 36.5. The maximum absolute atomic E-state index is 7.10. The molecule has 1 unspecified atom stereocenters. The predicted octanol–water partition coefficient (Wildman–Crippen LogP) is 15.2. The van der Waals surface area contributed by atoms with Crippen molar-refractivity contribution < 1.29 is 4.74 Å². The minimum atomic E-state index is -0.569. The number of ether oxygens (including phenoxy) is 1. The van der Waals surface area contributed by atoms with Gasteiger partial charge in [0.15, 0.2) is 5.84 Å². The maximum atomic E-state index is 7.10. The van der Waals surface area contributed by atoms with Gasteiger partial charge in [0, 0.05) is 28.7 Å². The first-order chi connectivity index (χ1) is 31.6. The third-order valence-corrected chi connectivity index (χ3v) is 13.8. The summed E-state index contributed by atoms with van der Waals surface area (Å²) in [5.74, 6) is 2.36. The molecule has 3 nitrogen and oxygen atoms in total. The van der Waals surface area contributed by atoms with E-state index in [-0.39, 0.29) is 0 Å². The summed E-state index contributed by atoms with van der Waals surface area (Å²) in [5, 5.41) is 7.64. The molecule has 10 aromatic rings. The third-order valence-electron chi connectivity index (χ3n) is 13.8. The molecular weight excluding hydrogens is 777 g/mol. The summed E-state index contributed by atoms with van der Waals surface area (Å²) in [6, 6.07) is 76.0. The molecule has 2 heterocycles. The molecule has 1 atom stereocenters. The lowest BCUT2D eigenvalue weighted by Gasteiger charge is -2.40. The Kier molecular flexibility index (Phi) is 8.10. The van der Waals surface area contributed by atoms with E-state index < -0.39 is 11.5 Å². The van der Waals surface area contributed by atoms with E-state index in [1.807, 2.05) is 6.07 Å². The van der Waals surface area contributed by atoms with Crippen LogP contribution in [0.4, 0.5) is 0 Å². The normalized spacial score (nSPS) is 15.8. The third kappa shape index (κ3) is 5.34. The molecule has 64 heavy (non-hydrogen) atoms. The predicted molar refractivity (Wildman–Crippen MR) is 264 cm³/mol. The van der Waals surface area contributed by atoms with Crippen LogP contribution in [0.1, 0.15) is 51.4 Å². The van der Waals surface area contributed by atoms with Crippen molar-refractivity contribution in [1.82, 2.24) is 0 Å². The highest BCUT2D eigenvalue weighted by molar-refractivity contribution is 6.25. The van der Waals surface area contributed by atoms with E-state index in [0.29, 0.717) is 12.3 Å². The van der Waals surface area contributed by atoms with Gasteiger partial charge >= 0.3 is 0 Å². The SMILES string of the molecule is C=C1CC(c2ccc(-c3ccc4c5ccccc5c5ccccc5c4c3)cc2)=NC(c2ccccc2)=NC1c1cccc2c1Oc1ccccc1C21c2ccccc2-c2ccccc21. The zero-order chi connectivity index (χ0) is 42.4. The van der Waals surface area contributed by atoms with Gasteiger partial charge in [-0.05, 0) is 89.0 Å². The molecule has 0 radical (unpaired) electrons. The fourth-order valence-electron chi connectivity index (χ4n) is 11.0. The zero-order valence-electron chi connectivity index (χ0n) is 35.0. The lowest BCUT2D eigenvalue weighted by molar-refractivity contribution is 0.428. The van der Waals surface area contributed by atoms with Crippen molar-refractivity contribution in [2.24, 2.45) is 9.98 Å². The number of rotatable bonds is 4. The fraction of sp³-hybridized carbons (Fsp3) is 0.0492. The molecule has 13 rings (SSSR count). The standard InChI is InChI=1S/C61H40N2O/c1-38-36-56(40-32-30-39(31-33-40)42-34-35-47-45-20-6-5-18-43(45)44-19-7-8-21-46(44)51(47)37-42)62-60(41-16-3-2-4-17-41)63-58(38)50-24-15-28-55-59(50)64-57-29-14-13-27-54(57)61(55)52-25-11-9-22-48(52)49-23-10-12-26-53(49)61/h2-35,37,58H,1,36H2. The van der Waals surface area contributed by atoms with Gasteiger partial charge in [-0.15, -0.1) is 0 Å². The van der Waals surface area contributed by atoms with Crippen LogP contribution in [-0.4, -0.2) is 11.5 Å². The van der Waals surface area contributed by atoms with Gasteiger partial charge in [0.2, 0.25) is 0 Å². The number of hydrogen-bond acceptors (Lipinski definition) is 3. The van der Waals surface area contributed by atoms with Crippen LogP contribution in [0, 0.1) is 0 Å². The highest BCUT2D eigenvalue weighted by Gasteiger charge is 2.51. The monoisotopic (exact) mass is 816 g/mol. The summed E-state index contributed by atoms with van der Waals surface area (Å²) in [6.07, 6.45) is 0.552. The van der Waals surface area contributed by atoms with Crippen LogP contribution >= 0.6 is 0 Å². The topological polar surface area (TPSA) is 34.0 Å². The second kappa shape index (κ2) is 14.2. The molecule has 0 saturated carbocycles. The fourth-order valence-corrected chi connectivity index (χ4v) is 11.0. The van der Waals surface area contributed by atoms with E-state index in [1.165, 1.54) is 60.1 Å². The molecule has 0 aromatic heterocycles. The molecule has 0 saturated heterocycles. The Morgan fingerprint density at radius 2 is 0.969 bits per heavy atom. The van der Waals surface area contributed by atoms with Crippen LogP contribution in [0.3, 0.4) is 0 Å². The van der Waals surface area contributed by atoms with Crippen LogP contribution in [-0.2, 0) is 5.41 Å². The Hall–Kier alpha value is -8.14. The number of para-hydroxylation sites is 2. The average molecular weight is 817 g/mol. The van der Waals surface area contributed by atoms with E-state index in [1.54, 1.807) is 0 Å². The van der Waals surface area contributed by atoms with Crippen molar-refractivity contribution in [3.05, 3.63) is 263 Å². The van der Waals surface area contributed by atoms with Gasteiger partial charge in [-0.3, -0.25) is 4.99 Å². The first-order valence-corrected chi connectivity index (χ1v) is 22.1. The summed E-state index contributed by atoms with van der Waals surface area (Å²) >= 11 is 0. The van der Waals surface area contributed by atoms with Crippen LogP contribution in [0.2, 0.25) is 0 Å². The molecule has 1 spiro atoms. The minimum absolute atomic E-state index is 0.414. The Labute approximate surface area is 372 Å². The molecule has 0 fully saturated rings. The van der Waals surface area contributed by atoms with E-state index in [4.69, 9.17) is 21.3 Å². The number of aliphatic imine (C=N–C) groups is 2. The lowest BCUT2D eigenvalue weighted by atomic mass is 9.65. The quantitative estimate of drug-likeness (QED) is 0.129. The van der Waals surface area contributed by atoms with Crippen molar-refractivity contribution >= 4 is 43.9 Å². The Bertz CT molecular complexity index is 3550. The molecule has 3 heteroatoms. The maximum Gasteiger partial charge on any atom is 0.155 e. The molecule has 1 aliphatic carbocycles. The molecule has 0 bridgehead atoms. The molecule has 10 aromatic carbocycles. The number of nitrogens with zero attached hydrogens (tertiary/aromatic N) is 2. The molecule has 3 aliphatic rings. The highest BCUT2D eigenvalue weighted by atomic mass is 16.5. The van der Waals surface area contributed by atoms with Gasteiger partial charge in [0.25, 0.3) is 0 Å². The first-order valence-electron chi connectivity index (χ1n) is 22.1. The number of amidine groups is 1. The van der Waals surface area contributed by atoms with Gasteiger partial charge in [-0.2, -0.15) is 0 Å². The second-order valence-electron chi connectivity index (χ2n) is 17.2. The highest BCUT2D eigenvalue weighted by Crippen LogP contribution is 2.63. The van der Waals surface area contributed by atoms with E-state index in [0.717, 1.165) is 56.2 Å². The Balaban J connectivity index is 0.915. The lowest BCUT2D eigenvalue weighted by Crippen LogP contribution is -2.32. The summed E-state index contributed by atoms with van der Waals surface area (Å²) in [6.45, 7) is 4.79. The van der Waals surface area contributed by atoms with Crippen molar-refractivity contribution in [2.75, 3.05) is 0 Å². The second-order valence-corrected chi connectivity index (χ2v) is 17.2. The molecule has 2 aliphatic heterocycles. The molecule has 300 valence electrons. The van der Waals surface area contributed by atoms with Crippen LogP contribution in [0.25, 0.3) is 54.6 Å². The van der Waals surface area contributed by atoms with Crippen molar-refractivity contribution in [3.63, 3.8) is 0 Å². The van der Waals surface area contributed by atoms with Crippen LogP contribution in [0.5, 0.6) is 11.5 Å². The van der Waals surface area contributed by atoms with E-state index in [2.05, 4.69) is 206 Å². The molecular formula is C61H40N2O. The number of hydrogen-bond donors (Lipinski definition) is 0. The van der Waals surface area contributed by atoms with Gasteiger partial charge in [0.05, 0.1) is 11.1 Å². The van der Waals surface area contributed by atoms with Crippen molar-refractivity contribution in [3.8, 4) is 33.8 Å². The van der Waals surface area contributed by atoms with Gasteiger partial charge in [-0.1, -0.05) is 207 Å². The summed E-state index contributed by atoms with van der Waals surface area (Å²) in [5.41, 5.74) is 13.9. The molecule has 0 N–H and O–H groups in total. The molecule has 0 amide bonds. The minimum Gasteiger partial charge on any atom is -0.456 e. The smallest absolute Gasteiger partial charge is 0.155 e. The van der Waals surface area contributed by atoms with E-state index in [9.17, 15) is 0 Å². The summed E-state index contributed by atoms with van der Waals surface area (Å²) < 4.78 is 7.10. The van der Waals surface area contributed by atoms with Gasteiger partial charge in [0.1, 0.15) is 17.5 Å². The van der Waals surface area contributed by atoms with Gasteiger partial charge < -0.3 is 4.74 Å². The largest absolute Gasteiger partial charge is 0.456 e. The van der Waals surface area contributed by atoms with E-state index >= 15 is 0 Å². The van der Waals surface area contributed by atoms with Crippen LogP contribution in [0.15, 0.2) is 234 Å². The Morgan fingerprint density at radius 3 is 1.66 bits per heavy atom. The van der Waals surface area contributed by atoms with Crippen LogP contribution < -0.4 is 4.74 Å². The van der Waals surface area contributed by atoms with Gasteiger partial charge in [-0.25, -0.2) is 4.99 Å². The zero-order valence-corrected chi connectivity index (χ0v) is 35.0. The number of fused-ring (bicyclic) bond motifs is 15. The summed E-state index contributed by atoms with van der Waals surface area (Å²) in [4.78, 5) is 10.9. The number of benzene rings is 10. The Morgan fingerprint density at radius 1 is 0.438 bits per heavy atom.